The van der Waals surface area contributed by atoms with E-state index >= 15 is 0 Å². The summed E-state index contributed by atoms with van der Waals surface area (Å²) in [6, 6.07) is 16.3. The quantitative estimate of drug-likeness (QED) is 0.575. The molecule has 1 unspecified atom stereocenters. The molecule has 0 amide bonds. The minimum atomic E-state index is 0.727. The third kappa shape index (κ3) is 5.56. The van der Waals surface area contributed by atoms with E-state index < -0.39 is 0 Å². The molecule has 3 rings (SSSR count). The second kappa shape index (κ2) is 10.7. The van der Waals surface area contributed by atoms with Crippen molar-refractivity contribution in [1.82, 2.24) is 10.2 Å². The topological polar surface area (TPSA) is 15.3 Å². The molecule has 1 saturated heterocycles. The van der Waals surface area contributed by atoms with E-state index in [4.69, 9.17) is 0 Å². The van der Waals surface area contributed by atoms with Gasteiger partial charge in [0.15, 0.2) is 0 Å². The van der Waals surface area contributed by atoms with E-state index in [9.17, 15) is 0 Å². The van der Waals surface area contributed by atoms with Gasteiger partial charge >= 0.3 is 0 Å². The van der Waals surface area contributed by atoms with E-state index in [-0.39, 0.29) is 0 Å². The highest BCUT2D eigenvalue weighted by Gasteiger charge is 2.21. The molecule has 0 bridgehead atoms. The molecule has 0 radical (unpaired) electrons. The van der Waals surface area contributed by atoms with Crippen molar-refractivity contribution in [2.45, 2.75) is 64.3 Å². The molecule has 2 nitrogen and oxygen atoms in total. The fourth-order valence-electron chi connectivity index (χ4n) is 4.31. The molecule has 142 valence electrons. The van der Waals surface area contributed by atoms with Crippen molar-refractivity contribution in [2.75, 3.05) is 26.2 Å². The third-order valence-electron chi connectivity index (χ3n) is 5.88. The summed E-state index contributed by atoms with van der Waals surface area (Å²) in [5.41, 5.74) is 1.50. The largest absolute Gasteiger partial charge is 0.315 e. The number of fused-ring (bicyclic) bond motifs is 1. The van der Waals surface area contributed by atoms with Crippen LogP contribution < -0.4 is 5.32 Å². The molecule has 1 atom stereocenters. The Labute approximate surface area is 160 Å². The highest BCUT2D eigenvalue weighted by molar-refractivity contribution is 5.85. The standard InChI is InChI=1S/C24H36N2/c1-2-3-4-8-17-25-20-23-14-7-9-18-26(23)19-16-22-13-10-12-21-11-5-6-15-24(21)22/h5-6,10-13,15,23,25H,2-4,7-9,14,16-20H2,1H3. The monoisotopic (exact) mass is 352 g/mol. The van der Waals surface area contributed by atoms with Gasteiger partial charge in [0.25, 0.3) is 0 Å². The number of unbranched alkanes of at least 4 members (excludes halogenated alkanes) is 3. The number of rotatable bonds is 10. The van der Waals surface area contributed by atoms with Crippen molar-refractivity contribution in [3.8, 4) is 0 Å². The lowest BCUT2D eigenvalue weighted by Crippen LogP contribution is -2.46. The molecule has 0 saturated carbocycles. The first kappa shape index (κ1) is 19.4. The summed E-state index contributed by atoms with van der Waals surface area (Å²) >= 11 is 0. The molecule has 0 aliphatic carbocycles. The molecule has 1 heterocycles. The number of piperidine rings is 1. The van der Waals surface area contributed by atoms with Gasteiger partial charge in [-0.05, 0) is 55.1 Å². The first-order valence-corrected chi connectivity index (χ1v) is 10.8. The normalized spacial score (nSPS) is 18.4. The van der Waals surface area contributed by atoms with Gasteiger partial charge in [-0.15, -0.1) is 0 Å². The van der Waals surface area contributed by atoms with E-state index in [1.807, 2.05) is 0 Å². The van der Waals surface area contributed by atoms with Crippen molar-refractivity contribution in [3.05, 3.63) is 48.0 Å². The van der Waals surface area contributed by atoms with Gasteiger partial charge in [-0.3, -0.25) is 4.90 Å². The summed E-state index contributed by atoms with van der Waals surface area (Å²) in [7, 11) is 0. The molecule has 0 aromatic heterocycles. The van der Waals surface area contributed by atoms with Crippen LogP contribution in [0.4, 0.5) is 0 Å². The van der Waals surface area contributed by atoms with Crippen LogP contribution in [0.5, 0.6) is 0 Å². The summed E-state index contributed by atoms with van der Waals surface area (Å²) in [4.78, 5) is 2.74. The third-order valence-corrected chi connectivity index (χ3v) is 5.88. The fourth-order valence-corrected chi connectivity index (χ4v) is 4.31. The molecule has 2 aromatic carbocycles. The highest BCUT2D eigenvalue weighted by atomic mass is 15.2. The summed E-state index contributed by atoms with van der Waals surface area (Å²) in [6.07, 6.45) is 10.7. The Bertz CT molecular complexity index is 646. The average Bonchev–Trinajstić information content (AvgIpc) is 2.69. The maximum Gasteiger partial charge on any atom is 0.0220 e. The lowest BCUT2D eigenvalue weighted by molar-refractivity contribution is 0.147. The summed E-state index contributed by atoms with van der Waals surface area (Å²) in [5.74, 6) is 0. The Morgan fingerprint density at radius 2 is 1.88 bits per heavy atom. The van der Waals surface area contributed by atoms with Crippen LogP contribution >= 0.6 is 0 Å². The van der Waals surface area contributed by atoms with Crippen LogP contribution in [0.1, 0.15) is 57.4 Å². The predicted molar refractivity (Wildman–Crippen MR) is 114 cm³/mol. The number of benzene rings is 2. The SMILES string of the molecule is CCCCCCNCC1CCCCN1CCc1cccc2ccccc12. The molecule has 1 N–H and O–H groups in total. The van der Waals surface area contributed by atoms with Gasteiger partial charge in [0, 0.05) is 19.1 Å². The highest BCUT2D eigenvalue weighted by Crippen LogP contribution is 2.21. The summed E-state index contributed by atoms with van der Waals surface area (Å²) in [6.45, 7) is 7.10. The molecule has 2 heteroatoms. The van der Waals surface area contributed by atoms with Crippen LogP contribution in [0.15, 0.2) is 42.5 Å². The van der Waals surface area contributed by atoms with Gasteiger partial charge in [-0.2, -0.15) is 0 Å². The molecule has 0 spiro atoms. The summed E-state index contributed by atoms with van der Waals surface area (Å²) in [5, 5.41) is 6.53. The van der Waals surface area contributed by atoms with Gasteiger partial charge in [0.1, 0.15) is 0 Å². The Kier molecular flexibility index (Phi) is 7.97. The number of likely N-dealkylation sites (tertiary alicyclic amines) is 1. The van der Waals surface area contributed by atoms with Gasteiger partial charge in [0.2, 0.25) is 0 Å². The van der Waals surface area contributed by atoms with Crippen molar-refractivity contribution in [3.63, 3.8) is 0 Å². The molecular weight excluding hydrogens is 316 g/mol. The second-order valence-corrected chi connectivity index (χ2v) is 7.84. The molecule has 2 aromatic rings. The van der Waals surface area contributed by atoms with Crippen molar-refractivity contribution >= 4 is 10.8 Å². The first-order chi connectivity index (χ1) is 12.9. The number of nitrogens with one attached hydrogen (secondary N) is 1. The average molecular weight is 353 g/mol. The summed E-state index contributed by atoms with van der Waals surface area (Å²) < 4.78 is 0. The Balaban J connectivity index is 1.50. The van der Waals surface area contributed by atoms with Crippen LogP contribution in [-0.2, 0) is 6.42 Å². The van der Waals surface area contributed by atoms with Crippen LogP contribution in [-0.4, -0.2) is 37.1 Å². The number of hydrogen-bond donors (Lipinski definition) is 1. The van der Waals surface area contributed by atoms with Gasteiger partial charge in [-0.1, -0.05) is 75.1 Å². The van der Waals surface area contributed by atoms with Gasteiger partial charge < -0.3 is 5.32 Å². The fraction of sp³-hybridized carbons (Fsp3) is 0.583. The lowest BCUT2D eigenvalue weighted by atomic mass is 9.99. The predicted octanol–water partition coefficient (Wildman–Crippen LogP) is 5.41. The van der Waals surface area contributed by atoms with Gasteiger partial charge in [0.05, 0.1) is 0 Å². The molecule has 1 aliphatic rings. The Hall–Kier alpha value is -1.38. The Morgan fingerprint density at radius 3 is 2.81 bits per heavy atom. The van der Waals surface area contributed by atoms with Crippen LogP contribution in [0.3, 0.4) is 0 Å². The van der Waals surface area contributed by atoms with E-state index in [0.717, 1.165) is 12.5 Å². The first-order valence-electron chi connectivity index (χ1n) is 10.8. The van der Waals surface area contributed by atoms with E-state index in [0.29, 0.717) is 0 Å². The van der Waals surface area contributed by atoms with Crippen LogP contribution in [0, 0.1) is 0 Å². The van der Waals surface area contributed by atoms with Crippen molar-refractivity contribution < 1.29 is 0 Å². The van der Waals surface area contributed by atoms with Crippen LogP contribution in [0.2, 0.25) is 0 Å². The van der Waals surface area contributed by atoms with E-state index in [1.165, 1.54) is 87.5 Å². The maximum absolute atomic E-state index is 3.73. The smallest absolute Gasteiger partial charge is 0.0220 e. The number of hydrogen-bond acceptors (Lipinski definition) is 2. The van der Waals surface area contributed by atoms with Crippen molar-refractivity contribution in [2.24, 2.45) is 0 Å². The molecular formula is C24H36N2. The second-order valence-electron chi connectivity index (χ2n) is 7.84. The molecule has 26 heavy (non-hydrogen) atoms. The van der Waals surface area contributed by atoms with Gasteiger partial charge in [-0.25, -0.2) is 0 Å². The van der Waals surface area contributed by atoms with E-state index in [1.54, 1.807) is 0 Å². The zero-order valence-corrected chi connectivity index (χ0v) is 16.6. The minimum absolute atomic E-state index is 0.727. The zero-order chi connectivity index (χ0) is 18.0. The minimum Gasteiger partial charge on any atom is -0.315 e. The van der Waals surface area contributed by atoms with Crippen LogP contribution in [0.25, 0.3) is 10.8 Å². The lowest BCUT2D eigenvalue weighted by Gasteiger charge is -2.36. The maximum atomic E-state index is 3.73. The molecule has 1 aliphatic heterocycles. The molecule has 1 fully saturated rings. The van der Waals surface area contributed by atoms with E-state index in [2.05, 4.69) is 59.6 Å². The zero-order valence-electron chi connectivity index (χ0n) is 16.6. The van der Waals surface area contributed by atoms with Crippen molar-refractivity contribution in [1.29, 1.82) is 0 Å². The number of nitrogens with zero attached hydrogens (tertiary/aromatic N) is 1. The Morgan fingerprint density at radius 1 is 1.00 bits per heavy atom.